The molecule has 1 fully saturated rings. The van der Waals surface area contributed by atoms with Gasteiger partial charge >= 0.3 is 0 Å². The van der Waals surface area contributed by atoms with Gasteiger partial charge in [0.25, 0.3) is 0 Å². The maximum Gasteiger partial charge on any atom is 0.206 e. The Labute approximate surface area is 184 Å². The number of ether oxygens (including phenoxy) is 1. The van der Waals surface area contributed by atoms with Gasteiger partial charge in [-0.25, -0.2) is 0 Å². The first-order valence-corrected chi connectivity index (χ1v) is 11.8. The molecule has 8 heteroatoms. The van der Waals surface area contributed by atoms with Crippen LogP contribution in [-0.2, 0) is 17.8 Å². The summed E-state index contributed by atoms with van der Waals surface area (Å²) < 4.78 is 6.92. The number of nitrogens with one attached hydrogen (secondary N) is 1. The summed E-state index contributed by atoms with van der Waals surface area (Å²) >= 11 is 9.60. The lowest BCUT2D eigenvalue weighted by Crippen LogP contribution is -2.43. The smallest absolute Gasteiger partial charge is 0.206 e. The molecule has 1 aliphatic heterocycles. The summed E-state index contributed by atoms with van der Waals surface area (Å²) in [5, 5.41) is 13.6. The maximum atomic E-state index is 6.31. The van der Waals surface area contributed by atoms with Gasteiger partial charge in [0.1, 0.15) is 0 Å². The van der Waals surface area contributed by atoms with E-state index in [1.165, 1.54) is 11.1 Å². The molecule has 0 radical (unpaired) electrons. The zero-order chi connectivity index (χ0) is 19.9. The first kappa shape index (κ1) is 20.6. The van der Waals surface area contributed by atoms with Gasteiger partial charge in [-0.15, -0.1) is 10.2 Å². The van der Waals surface area contributed by atoms with E-state index < -0.39 is 0 Å². The normalized spacial score (nSPS) is 17.3. The summed E-state index contributed by atoms with van der Waals surface area (Å²) in [6, 6.07) is 18.3. The van der Waals surface area contributed by atoms with Crippen LogP contribution in [0.25, 0.3) is 0 Å². The highest BCUT2D eigenvalue weighted by Crippen LogP contribution is 2.28. The highest BCUT2D eigenvalue weighted by molar-refractivity contribution is 8.01. The van der Waals surface area contributed by atoms with Crippen molar-refractivity contribution in [3.05, 3.63) is 70.7 Å². The molecule has 1 saturated heterocycles. The fourth-order valence-corrected chi connectivity index (χ4v) is 5.14. The molecule has 5 nitrogen and oxygen atoms in total. The van der Waals surface area contributed by atoms with Crippen molar-refractivity contribution in [3.8, 4) is 0 Å². The Morgan fingerprint density at radius 1 is 1.14 bits per heavy atom. The molecule has 2 aromatic carbocycles. The van der Waals surface area contributed by atoms with Gasteiger partial charge < -0.3 is 10.1 Å². The van der Waals surface area contributed by atoms with Crippen molar-refractivity contribution in [2.24, 2.45) is 0 Å². The van der Waals surface area contributed by atoms with Crippen LogP contribution >= 0.6 is 34.7 Å². The first-order valence-electron chi connectivity index (χ1n) is 9.58. The minimum absolute atomic E-state index is 0.181. The fraction of sp³-hybridized carbons (Fsp3) is 0.333. The van der Waals surface area contributed by atoms with Crippen molar-refractivity contribution >= 4 is 39.8 Å². The van der Waals surface area contributed by atoms with E-state index in [1.54, 1.807) is 23.1 Å². The van der Waals surface area contributed by atoms with E-state index in [2.05, 4.69) is 38.6 Å². The molecule has 0 aliphatic carbocycles. The molecule has 0 amide bonds. The van der Waals surface area contributed by atoms with Gasteiger partial charge in [0, 0.05) is 37.0 Å². The number of aromatic nitrogens is 2. The number of halogens is 1. The second-order valence-corrected chi connectivity index (χ2v) is 9.49. The van der Waals surface area contributed by atoms with Crippen molar-refractivity contribution in [3.63, 3.8) is 0 Å². The number of morpholine rings is 1. The predicted molar refractivity (Wildman–Crippen MR) is 121 cm³/mol. The van der Waals surface area contributed by atoms with E-state index >= 15 is 0 Å². The van der Waals surface area contributed by atoms with Crippen molar-refractivity contribution in [2.75, 3.05) is 30.8 Å². The van der Waals surface area contributed by atoms with E-state index in [1.807, 2.05) is 36.4 Å². The number of rotatable bonds is 8. The molecule has 2 heterocycles. The fourth-order valence-electron chi connectivity index (χ4n) is 3.17. The van der Waals surface area contributed by atoms with Gasteiger partial charge in [0.15, 0.2) is 4.34 Å². The Morgan fingerprint density at radius 3 is 2.83 bits per heavy atom. The van der Waals surface area contributed by atoms with Crippen LogP contribution in [0, 0.1) is 0 Å². The zero-order valence-electron chi connectivity index (χ0n) is 16.0. The van der Waals surface area contributed by atoms with Crippen molar-refractivity contribution < 1.29 is 4.74 Å². The van der Waals surface area contributed by atoms with E-state index in [0.29, 0.717) is 0 Å². The van der Waals surface area contributed by atoms with E-state index in [4.69, 9.17) is 16.3 Å². The summed E-state index contributed by atoms with van der Waals surface area (Å²) in [4.78, 5) is 2.41. The predicted octanol–water partition coefficient (Wildman–Crippen LogP) is 4.80. The van der Waals surface area contributed by atoms with Crippen molar-refractivity contribution in [1.82, 2.24) is 15.1 Å². The molecule has 0 saturated carbocycles. The van der Waals surface area contributed by atoms with Crippen LogP contribution in [0.5, 0.6) is 0 Å². The lowest BCUT2D eigenvalue weighted by Gasteiger charge is -2.32. The Hall–Kier alpha value is -1.64. The molecule has 0 unspecified atom stereocenters. The van der Waals surface area contributed by atoms with Crippen LogP contribution in [0.3, 0.4) is 0 Å². The SMILES string of the molecule is Clc1ccccc1CN1CCO[C@H](CSc2nnc(NCc3ccccc3)s2)C1. The van der Waals surface area contributed by atoms with Gasteiger partial charge in [-0.05, 0) is 17.2 Å². The molecule has 1 atom stereocenters. The largest absolute Gasteiger partial charge is 0.375 e. The molecule has 152 valence electrons. The number of hydrogen-bond donors (Lipinski definition) is 1. The number of thioether (sulfide) groups is 1. The average molecular weight is 447 g/mol. The van der Waals surface area contributed by atoms with Crippen LogP contribution in [0.4, 0.5) is 5.13 Å². The van der Waals surface area contributed by atoms with Crippen molar-refractivity contribution in [2.45, 2.75) is 23.5 Å². The van der Waals surface area contributed by atoms with Crippen LogP contribution in [0.2, 0.25) is 5.02 Å². The molecular weight excluding hydrogens is 424 g/mol. The van der Waals surface area contributed by atoms with E-state index in [-0.39, 0.29) is 6.10 Å². The molecule has 3 aromatic rings. The monoisotopic (exact) mass is 446 g/mol. The number of nitrogens with zero attached hydrogens (tertiary/aromatic N) is 3. The van der Waals surface area contributed by atoms with E-state index in [9.17, 15) is 0 Å². The summed E-state index contributed by atoms with van der Waals surface area (Å²) in [7, 11) is 0. The van der Waals surface area contributed by atoms with Gasteiger partial charge in [0.2, 0.25) is 5.13 Å². The minimum Gasteiger partial charge on any atom is -0.375 e. The van der Waals surface area contributed by atoms with Gasteiger partial charge in [0.05, 0.1) is 12.7 Å². The molecule has 1 aliphatic rings. The van der Waals surface area contributed by atoms with Crippen LogP contribution < -0.4 is 5.32 Å². The Balaban J connectivity index is 1.24. The third-order valence-corrected chi connectivity index (χ3v) is 7.18. The second kappa shape index (κ2) is 10.4. The van der Waals surface area contributed by atoms with Crippen LogP contribution in [0.15, 0.2) is 58.9 Å². The van der Waals surface area contributed by atoms with Crippen LogP contribution in [0.1, 0.15) is 11.1 Å². The molecule has 1 aromatic heterocycles. The molecular formula is C21H23ClN4OS2. The van der Waals surface area contributed by atoms with E-state index in [0.717, 1.165) is 53.0 Å². The van der Waals surface area contributed by atoms with Gasteiger partial charge in [-0.1, -0.05) is 83.2 Å². The third-order valence-electron chi connectivity index (χ3n) is 4.66. The molecule has 0 bridgehead atoms. The molecule has 4 rings (SSSR count). The van der Waals surface area contributed by atoms with Crippen LogP contribution in [-0.4, -0.2) is 46.7 Å². The molecule has 29 heavy (non-hydrogen) atoms. The van der Waals surface area contributed by atoms with Gasteiger partial charge in [-0.2, -0.15) is 0 Å². The second-order valence-electron chi connectivity index (χ2n) is 6.84. The number of anilines is 1. The quantitative estimate of drug-likeness (QED) is 0.502. The summed E-state index contributed by atoms with van der Waals surface area (Å²) in [6.45, 7) is 4.18. The molecule has 0 spiro atoms. The average Bonchev–Trinajstić information content (AvgIpc) is 3.21. The standard InChI is InChI=1S/C21H23ClN4OS2/c22-19-9-5-4-8-17(19)13-26-10-11-27-18(14-26)15-28-21-25-24-20(29-21)23-12-16-6-2-1-3-7-16/h1-9,18H,10-15H2,(H,23,24)/t18-/m0/s1. The maximum absolute atomic E-state index is 6.31. The van der Waals surface area contributed by atoms with Crippen molar-refractivity contribution in [1.29, 1.82) is 0 Å². The molecule has 1 N–H and O–H groups in total. The minimum atomic E-state index is 0.181. The number of hydrogen-bond acceptors (Lipinski definition) is 7. The Bertz CT molecular complexity index is 908. The zero-order valence-corrected chi connectivity index (χ0v) is 18.3. The number of benzene rings is 2. The van der Waals surface area contributed by atoms with Gasteiger partial charge in [-0.3, -0.25) is 4.90 Å². The summed E-state index contributed by atoms with van der Waals surface area (Å²) in [6.07, 6.45) is 0.181. The highest BCUT2D eigenvalue weighted by Gasteiger charge is 2.22. The Morgan fingerprint density at radius 2 is 1.97 bits per heavy atom. The summed E-state index contributed by atoms with van der Waals surface area (Å²) in [5.41, 5.74) is 2.40. The first-order chi connectivity index (χ1) is 14.3. The highest BCUT2D eigenvalue weighted by atomic mass is 35.5. The summed E-state index contributed by atoms with van der Waals surface area (Å²) in [5.74, 6) is 0.867. The lowest BCUT2D eigenvalue weighted by atomic mass is 10.2. The lowest BCUT2D eigenvalue weighted by molar-refractivity contribution is -0.0187. The third kappa shape index (κ3) is 6.17. The topological polar surface area (TPSA) is 50.3 Å². The Kier molecular flexibility index (Phi) is 7.40.